The first-order valence-electron chi connectivity index (χ1n) is 9.31. The molecule has 0 radical (unpaired) electrons. The first kappa shape index (κ1) is 26.5. The Morgan fingerprint density at radius 2 is 1.73 bits per heavy atom. The summed E-state index contributed by atoms with van der Waals surface area (Å²) >= 11 is 5.94. The lowest BCUT2D eigenvalue weighted by Gasteiger charge is -2.14. The number of hydrogen-bond acceptors (Lipinski definition) is 7. The van der Waals surface area contributed by atoms with Crippen LogP contribution in [-0.2, 0) is 34.4 Å². The SMILES string of the molecule is CN(C)S(=O)(=O)c1cc(NC(=O)COC(=O)CNS(=O)(=O)C=Cc2ccccc2)ccc1Cl. The summed E-state index contributed by atoms with van der Waals surface area (Å²) in [5.74, 6) is -1.74. The van der Waals surface area contributed by atoms with E-state index in [1.807, 2.05) is 4.72 Å². The summed E-state index contributed by atoms with van der Waals surface area (Å²) < 4.78 is 56.2. The van der Waals surface area contributed by atoms with Gasteiger partial charge in [-0.1, -0.05) is 41.9 Å². The second kappa shape index (κ2) is 11.4. The van der Waals surface area contributed by atoms with E-state index in [0.717, 1.165) is 9.71 Å². The van der Waals surface area contributed by atoms with Crippen LogP contribution in [0.3, 0.4) is 0 Å². The lowest BCUT2D eigenvalue weighted by atomic mass is 10.2. The van der Waals surface area contributed by atoms with Crippen molar-refractivity contribution in [3.63, 3.8) is 0 Å². The summed E-state index contributed by atoms with van der Waals surface area (Å²) in [6.45, 7) is -1.39. The zero-order valence-corrected chi connectivity index (χ0v) is 20.1. The van der Waals surface area contributed by atoms with Crippen LogP contribution < -0.4 is 10.0 Å². The number of nitrogens with zero attached hydrogens (tertiary/aromatic N) is 1. The molecule has 1 amide bonds. The van der Waals surface area contributed by atoms with Crippen molar-refractivity contribution in [2.75, 3.05) is 32.6 Å². The number of anilines is 1. The molecule has 0 unspecified atom stereocenters. The standard InChI is InChI=1S/C20H22ClN3O7S2/c1-24(2)33(29,30)18-12-16(8-9-17(18)21)23-19(25)14-31-20(26)13-22-32(27,28)11-10-15-6-4-3-5-7-15/h3-12,22H,13-14H2,1-2H3,(H,23,25). The van der Waals surface area contributed by atoms with Crippen molar-refractivity contribution < 1.29 is 31.2 Å². The molecule has 2 aromatic rings. The molecular formula is C20H22ClN3O7S2. The van der Waals surface area contributed by atoms with E-state index in [-0.39, 0.29) is 15.6 Å². The Hall–Kier alpha value is -2.77. The van der Waals surface area contributed by atoms with Crippen molar-refractivity contribution in [3.8, 4) is 0 Å². The lowest BCUT2D eigenvalue weighted by Crippen LogP contribution is -2.31. The molecule has 178 valence electrons. The molecular weight excluding hydrogens is 494 g/mol. The van der Waals surface area contributed by atoms with Gasteiger partial charge in [0.05, 0.1) is 5.02 Å². The van der Waals surface area contributed by atoms with Gasteiger partial charge in [0.1, 0.15) is 11.4 Å². The summed E-state index contributed by atoms with van der Waals surface area (Å²) in [6.07, 6.45) is 1.36. The largest absolute Gasteiger partial charge is 0.455 e. The molecule has 0 aliphatic heterocycles. The Kier molecular flexibility index (Phi) is 9.14. The topological polar surface area (TPSA) is 139 Å². The summed E-state index contributed by atoms with van der Waals surface area (Å²) in [4.78, 5) is 23.6. The van der Waals surface area contributed by atoms with Crippen molar-refractivity contribution in [2.45, 2.75) is 4.90 Å². The molecule has 0 heterocycles. The van der Waals surface area contributed by atoms with Gasteiger partial charge < -0.3 is 10.1 Å². The third-order valence-electron chi connectivity index (χ3n) is 3.99. The van der Waals surface area contributed by atoms with Gasteiger partial charge >= 0.3 is 5.97 Å². The van der Waals surface area contributed by atoms with Crippen LogP contribution in [0.15, 0.2) is 58.8 Å². The van der Waals surface area contributed by atoms with Gasteiger partial charge in [0, 0.05) is 25.2 Å². The Balaban J connectivity index is 1.87. The summed E-state index contributed by atoms with van der Waals surface area (Å²) in [5.41, 5.74) is 0.776. The smallest absolute Gasteiger partial charge is 0.321 e. The van der Waals surface area contributed by atoms with Gasteiger partial charge in [-0.15, -0.1) is 0 Å². The van der Waals surface area contributed by atoms with Gasteiger partial charge in [0.15, 0.2) is 6.61 Å². The second-order valence-corrected chi connectivity index (χ2v) is 10.9. The van der Waals surface area contributed by atoms with E-state index in [0.29, 0.717) is 5.56 Å². The van der Waals surface area contributed by atoms with Gasteiger partial charge in [-0.2, -0.15) is 0 Å². The van der Waals surface area contributed by atoms with Gasteiger partial charge in [-0.25, -0.2) is 25.9 Å². The van der Waals surface area contributed by atoms with Crippen molar-refractivity contribution >= 4 is 55.3 Å². The third kappa shape index (κ3) is 8.26. The number of benzene rings is 2. The molecule has 2 rings (SSSR count). The maximum Gasteiger partial charge on any atom is 0.321 e. The number of hydrogen-bond donors (Lipinski definition) is 2. The maximum atomic E-state index is 12.3. The predicted molar refractivity (Wildman–Crippen MR) is 124 cm³/mol. The van der Waals surface area contributed by atoms with Crippen LogP contribution in [0.4, 0.5) is 5.69 Å². The fourth-order valence-corrected chi connectivity index (χ4v) is 4.45. The number of rotatable bonds is 10. The average molecular weight is 516 g/mol. The highest BCUT2D eigenvalue weighted by Gasteiger charge is 2.21. The third-order valence-corrected chi connectivity index (χ3v) is 7.33. The summed E-state index contributed by atoms with van der Waals surface area (Å²) in [7, 11) is -5.07. The normalized spacial score (nSPS) is 12.1. The lowest BCUT2D eigenvalue weighted by molar-refractivity contribution is -0.146. The zero-order valence-electron chi connectivity index (χ0n) is 17.7. The zero-order chi connectivity index (χ0) is 24.6. The van der Waals surface area contributed by atoms with E-state index in [2.05, 4.69) is 5.32 Å². The fourth-order valence-electron chi connectivity index (χ4n) is 2.31. The molecule has 2 aromatic carbocycles. The first-order valence-corrected chi connectivity index (χ1v) is 12.7. The summed E-state index contributed by atoms with van der Waals surface area (Å²) in [5, 5.41) is 3.26. The van der Waals surface area contributed by atoms with E-state index < -0.39 is 45.1 Å². The van der Waals surface area contributed by atoms with E-state index in [1.54, 1.807) is 30.3 Å². The van der Waals surface area contributed by atoms with E-state index in [9.17, 15) is 26.4 Å². The molecule has 0 saturated carbocycles. The minimum atomic E-state index is -3.90. The minimum Gasteiger partial charge on any atom is -0.455 e. The van der Waals surface area contributed by atoms with Crippen LogP contribution in [-0.4, -0.2) is 60.3 Å². The number of nitrogens with one attached hydrogen (secondary N) is 2. The molecule has 0 aliphatic rings. The summed E-state index contributed by atoms with van der Waals surface area (Å²) in [6, 6.07) is 12.5. The Bertz CT molecular complexity index is 1250. The molecule has 2 N–H and O–H groups in total. The predicted octanol–water partition coefficient (Wildman–Crippen LogP) is 1.66. The Morgan fingerprint density at radius 1 is 1.06 bits per heavy atom. The van der Waals surface area contributed by atoms with Crippen LogP contribution in [0, 0.1) is 0 Å². The van der Waals surface area contributed by atoms with Crippen LogP contribution in [0.5, 0.6) is 0 Å². The number of amides is 1. The highest BCUT2D eigenvalue weighted by molar-refractivity contribution is 7.92. The fraction of sp³-hybridized carbons (Fsp3) is 0.200. The monoisotopic (exact) mass is 515 g/mol. The molecule has 10 nitrogen and oxygen atoms in total. The molecule has 0 aromatic heterocycles. The highest BCUT2D eigenvalue weighted by atomic mass is 35.5. The number of halogens is 1. The number of carbonyl (C=O) groups excluding carboxylic acids is 2. The van der Waals surface area contributed by atoms with Crippen molar-refractivity contribution in [2.24, 2.45) is 0 Å². The van der Waals surface area contributed by atoms with Gasteiger partial charge in [-0.05, 0) is 29.8 Å². The number of sulfonamides is 2. The van der Waals surface area contributed by atoms with Crippen LogP contribution in [0.25, 0.3) is 6.08 Å². The molecule has 13 heteroatoms. The maximum absolute atomic E-state index is 12.3. The quantitative estimate of drug-likeness (QED) is 0.459. The number of carbonyl (C=O) groups is 2. The highest BCUT2D eigenvalue weighted by Crippen LogP contribution is 2.26. The number of esters is 1. The van der Waals surface area contributed by atoms with E-state index in [1.165, 1.54) is 38.4 Å². The van der Waals surface area contributed by atoms with Gasteiger partial charge in [-0.3, -0.25) is 9.59 Å². The van der Waals surface area contributed by atoms with Gasteiger partial charge in [0.25, 0.3) is 5.91 Å². The van der Waals surface area contributed by atoms with Crippen LogP contribution in [0.2, 0.25) is 5.02 Å². The van der Waals surface area contributed by atoms with Crippen molar-refractivity contribution in [1.82, 2.24) is 9.03 Å². The molecule has 33 heavy (non-hydrogen) atoms. The molecule has 0 bridgehead atoms. The molecule has 0 spiro atoms. The molecule has 0 aliphatic carbocycles. The number of ether oxygens (including phenoxy) is 1. The van der Waals surface area contributed by atoms with Gasteiger partial charge in [0.2, 0.25) is 20.0 Å². The van der Waals surface area contributed by atoms with Crippen LogP contribution in [0.1, 0.15) is 5.56 Å². The average Bonchev–Trinajstić information content (AvgIpc) is 2.77. The van der Waals surface area contributed by atoms with Crippen LogP contribution >= 0.6 is 11.6 Å². The molecule has 0 atom stereocenters. The minimum absolute atomic E-state index is 0.0262. The Labute approximate surface area is 197 Å². The Morgan fingerprint density at radius 3 is 2.36 bits per heavy atom. The second-order valence-electron chi connectivity index (χ2n) is 6.72. The van der Waals surface area contributed by atoms with Crippen molar-refractivity contribution in [3.05, 3.63) is 64.5 Å². The molecule has 0 fully saturated rings. The van der Waals surface area contributed by atoms with E-state index in [4.69, 9.17) is 16.3 Å². The van der Waals surface area contributed by atoms with Crippen molar-refractivity contribution in [1.29, 1.82) is 0 Å². The first-order chi connectivity index (χ1) is 15.4. The molecule has 0 saturated heterocycles. The van der Waals surface area contributed by atoms with E-state index >= 15 is 0 Å².